The van der Waals surface area contributed by atoms with Crippen molar-refractivity contribution in [3.8, 4) is 0 Å². The molecule has 26 heavy (non-hydrogen) atoms. The molecule has 3 heterocycles. The maximum absolute atomic E-state index is 12.5. The predicted octanol–water partition coefficient (Wildman–Crippen LogP) is 2.17. The summed E-state index contributed by atoms with van der Waals surface area (Å²) >= 11 is 5.99. The SMILES string of the molecule is O=C1NCC(c2ccc(Cl)cc2)Cc2[nH]c(C3(CO)CCOCC3)nc21. The van der Waals surface area contributed by atoms with Crippen LogP contribution in [-0.2, 0) is 16.6 Å². The Morgan fingerprint density at radius 3 is 2.69 bits per heavy atom. The van der Waals surface area contributed by atoms with Crippen molar-refractivity contribution in [1.82, 2.24) is 15.3 Å². The van der Waals surface area contributed by atoms with Gasteiger partial charge in [0.1, 0.15) is 11.5 Å². The summed E-state index contributed by atoms with van der Waals surface area (Å²) in [6, 6.07) is 7.72. The summed E-state index contributed by atoms with van der Waals surface area (Å²) in [5.74, 6) is 0.671. The van der Waals surface area contributed by atoms with Crippen molar-refractivity contribution in [2.24, 2.45) is 0 Å². The highest BCUT2D eigenvalue weighted by Gasteiger charge is 2.39. The number of carbonyl (C=O) groups is 1. The van der Waals surface area contributed by atoms with Crippen LogP contribution in [0, 0.1) is 0 Å². The number of hydrogen-bond donors (Lipinski definition) is 3. The zero-order chi connectivity index (χ0) is 18.1. The number of nitrogens with one attached hydrogen (secondary N) is 2. The molecule has 1 atom stereocenters. The van der Waals surface area contributed by atoms with Gasteiger partial charge in [0.2, 0.25) is 0 Å². The summed E-state index contributed by atoms with van der Waals surface area (Å²) < 4.78 is 5.43. The van der Waals surface area contributed by atoms with Crippen molar-refractivity contribution in [3.63, 3.8) is 0 Å². The number of imidazole rings is 1. The van der Waals surface area contributed by atoms with Gasteiger partial charge in [-0.1, -0.05) is 23.7 Å². The Hall–Kier alpha value is -1.89. The normalized spacial score (nSPS) is 22.4. The molecule has 1 fully saturated rings. The number of benzene rings is 1. The standard InChI is InChI=1S/C19H22ClN3O3/c20-14-3-1-12(2-4-14)13-9-15-16(17(25)21-10-13)23-18(22-15)19(11-24)5-7-26-8-6-19/h1-4,13,24H,5-11H2,(H,21,25)(H,22,23). The van der Waals surface area contributed by atoms with Gasteiger partial charge in [0.15, 0.2) is 0 Å². The van der Waals surface area contributed by atoms with Crippen LogP contribution in [0.2, 0.25) is 5.02 Å². The highest BCUT2D eigenvalue weighted by molar-refractivity contribution is 6.30. The number of carbonyl (C=O) groups excluding carboxylic acids is 1. The van der Waals surface area contributed by atoms with Crippen LogP contribution >= 0.6 is 11.6 Å². The minimum absolute atomic E-state index is 0.00894. The summed E-state index contributed by atoms with van der Waals surface area (Å²) in [5.41, 5.74) is 1.94. The Balaban J connectivity index is 1.67. The Morgan fingerprint density at radius 1 is 1.27 bits per heavy atom. The van der Waals surface area contributed by atoms with E-state index in [1.165, 1.54) is 0 Å². The molecule has 1 unspecified atom stereocenters. The average molecular weight is 376 g/mol. The average Bonchev–Trinajstić information content (AvgIpc) is 3.04. The number of aliphatic hydroxyl groups is 1. The number of aromatic nitrogens is 2. The van der Waals surface area contributed by atoms with Gasteiger partial charge in [-0.3, -0.25) is 4.79 Å². The van der Waals surface area contributed by atoms with Gasteiger partial charge in [-0.15, -0.1) is 0 Å². The third-order valence-electron chi connectivity index (χ3n) is 5.55. The first-order valence-electron chi connectivity index (χ1n) is 8.93. The molecule has 0 bridgehead atoms. The zero-order valence-corrected chi connectivity index (χ0v) is 15.2. The highest BCUT2D eigenvalue weighted by atomic mass is 35.5. The quantitative estimate of drug-likeness (QED) is 0.767. The lowest BCUT2D eigenvalue weighted by Crippen LogP contribution is -2.38. The van der Waals surface area contributed by atoms with Crippen molar-refractivity contribution in [1.29, 1.82) is 0 Å². The summed E-state index contributed by atoms with van der Waals surface area (Å²) in [6.07, 6.45) is 2.07. The monoisotopic (exact) mass is 375 g/mol. The number of rotatable bonds is 3. The molecule has 0 saturated carbocycles. The Morgan fingerprint density at radius 2 is 2.00 bits per heavy atom. The first-order chi connectivity index (χ1) is 12.6. The fourth-order valence-corrected chi connectivity index (χ4v) is 3.94. The van der Waals surface area contributed by atoms with Crippen molar-refractivity contribution in [3.05, 3.63) is 52.1 Å². The van der Waals surface area contributed by atoms with Crippen LogP contribution in [-0.4, -0.2) is 47.3 Å². The molecule has 2 aliphatic rings. The maximum atomic E-state index is 12.5. The minimum Gasteiger partial charge on any atom is -0.395 e. The number of aromatic amines is 1. The third-order valence-corrected chi connectivity index (χ3v) is 5.80. The molecule has 6 nitrogen and oxygen atoms in total. The van der Waals surface area contributed by atoms with Crippen LogP contribution in [0.25, 0.3) is 0 Å². The molecule has 0 aliphatic carbocycles. The number of halogens is 1. The molecular formula is C19H22ClN3O3. The van der Waals surface area contributed by atoms with E-state index in [0.717, 1.165) is 11.3 Å². The van der Waals surface area contributed by atoms with Gasteiger partial charge in [0.05, 0.1) is 12.0 Å². The smallest absolute Gasteiger partial charge is 0.271 e. The molecule has 1 aromatic carbocycles. The van der Waals surface area contributed by atoms with Gasteiger partial charge in [0.25, 0.3) is 5.91 Å². The molecular weight excluding hydrogens is 354 g/mol. The Kier molecular flexibility index (Phi) is 4.73. The molecule has 1 saturated heterocycles. The molecule has 4 rings (SSSR count). The third kappa shape index (κ3) is 3.13. The van der Waals surface area contributed by atoms with Gasteiger partial charge >= 0.3 is 0 Å². The van der Waals surface area contributed by atoms with E-state index in [2.05, 4.69) is 15.3 Å². The number of aliphatic hydroxyl groups excluding tert-OH is 1. The van der Waals surface area contributed by atoms with Crippen molar-refractivity contribution in [2.75, 3.05) is 26.4 Å². The molecule has 0 radical (unpaired) electrons. The predicted molar refractivity (Wildman–Crippen MR) is 97.6 cm³/mol. The summed E-state index contributed by atoms with van der Waals surface area (Å²) in [5, 5.41) is 13.7. The maximum Gasteiger partial charge on any atom is 0.271 e. The van der Waals surface area contributed by atoms with Crippen molar-refractivity contribution < 1.29 is 14.6 Å². The van der Waals surface area contributed by atoms with Crippen LogP contribution in [0.15, 0.2) is 24.3 Å². The number of H-pyrrole nitrogens is 1. The zero-order valence-electron chi connectivity index (χ0n) is 14.4. The van der Waals surface area contributed by atoms with Gasteiger partial charge in [-0.2, -0.15) is 0 Å². The molecule has 2 aliphatic heterocycles. The van der Waals surface area contributed by atoms with Crippen LogP contribution < -0.4 is 5.32 Å². The highest BCUT2D eigenvalue weighted by Crippen LogP contribution is 2.34. The molecule has 1 aromatic heterocycles. The second-order valence-electron chi connectivity index (χ2n) is 7.13. The van der Waals surface area contributed by atoms with Gasteiger partial charge in [-0.05, 0) is 37.0 Å². The first kappa shape index (κ1) is 17.5. The lowest BCUT2D eigenvalue weighted by molar-refractivity contribution is 0.0219. The van der Waals surface area contributed by atoms with E-state index in [0.29, 0.717) is 55.6 Å². The number of fused-ring (bicyclic) bond motifs is 1. The minimum atomic E-state index is -0.458. The molecule has 1 amide bonds. The molecule has 0 spiro atoms. The summed E-state index contributed by atoms with van der Waals surface area (Å²) in [6.45, 7) is 1.72. The summed E-state index contributed by atoms with van der Waals surface area (Å²) in [4.78, 5) is 20.5. The van der Waals surface area contributed by atoms with E-state index in [4.69, 9.17) is 16.3 Å². The first-order valence-corrected chi connectivity index (χ1v) is 9.31. The Labute approximate surface area is 156 Å². The molecule has 138 valence electrons. The van der Waals surface area contributed by atoms with Crippen molar-refractivity contribution in [2.45, 2.75) is 30.6 Å². The van der Waals surface area contributed by atoms with E-state index in [9.17, 15) is 9.90 Å². The lowest BCUT2D eigenvalue weighted by Gasteiger charge is -2.33. The number of hydrogen-bond acceptors (Lipinski definition) is 4. The second kappa shape index (κ2) is 7.02. The number of amides is 1. The topological polar surface area (TPSA) is 87.2 Å². The fourth-order valence-electron chi connectivity index (χ4n) is 3.82. The van der Waals surface area contributed by atoms with Crippen LogP contribution in [0.1, 0.15) is 46.3 Å². The second-order valence-corrected chi connectivity index (χ2v) is 7.56. The summed E-state index contributed by atoms with van der Waals surface area (Å²) in [7, 11) is 0. The Bertz CT molecular complexity index is 797. The van der Waals surface area contributed by atoms with Crippen LogP contribution in [0.5, 0.6) is 0 Å². The van der Waals surface area contributed by atoms with Gasteiger partial charge in [0, 0.05) is 36.4 Å². The van der Waals surface area contributed by atoms with E-state index in [-0.39, 0.29) is 18.4 Å². The van der Waals surface area contributed by atoms with Gasteiger partial charge in [-0.25, -0.2) is 4.98 Å². The van der Waals surface area contributed by atoms with E-state index in [1.54, 1.807) is 0 Å². The molecule has 3 N–H and O–H groups in total. The van der Waals surface area contributed by atoms with Gasteiger partial charge < -0.3 is 20.1 Å². The fraction of sp³-hybridized carbons (Fsp3) is 0.474. The van der Waals surface area contributed by atoms with E-state index >= 15 is 0 Å². The van der Waals surface area contributed by atoms with Crippen molar-refractivity contribution >= 4 is 17.5 Å². The van der Waals surface area contributed by atoms with Crippen LogP contribution in [0.3, 0.4) is 0 Å². The molecule has 7 heteroatoms. The van der Waals surface area contributed by atoms with E-state index in [1.807, 2.05) is 24.3 Å². The lowest BCUT2D eigenvalue weighted by atomic mass is 9.80. The number of ether oxygens (including phenoxy) is 1. The largest absolute Gasteiger partial charge is 0.395 e. The van der Waals surface area contributed by atoms with E-state index < -0.39 is 5.41 Å². The number of nitrogens with zero attached hydrogens (tertiary/aromatic N) is 1. The molecule has 2 aromatic rings. The van der Waals surface area contributed by atoms with Crippen LogP contribution in [0.4, 0.5) is 0 Å².